The van der Waals surface area contributed by atoms with Crippen molar-refractivity contribution < 1.29 is 9.59 Å². The van der Waals surface area contributed by atoms with Crippen LogP contribution in [0.2, 0.25) is 0 Å². The first-order valence-corrected chi connectivity index (χ1v) is 12.6. The quantitative estimate of drug-likeness (QED) is 0.372. The van der Waals surface area contributed by atoms with Gasteiger partial charge in [0.05, 0.1) is 11.9 Å². The van der Waals surface area contributed by atoms with Gasteiger partial charge in [-0.1, -0.05) is 36.4 Å². The van der Waals surface area contributed by atoms with Gasteiger partial charge in [-0.3, -0.25) is 9.59 Å². The molecule has 5 aromatic rings. The minimum atomic E-state index is -0.323. The van der Waals surface area contributed by atoms with Crippen LogP contribution in [0, 0.1) is 6.92 Å². The molecule has 0 spiro atoms. The molecule has 0 saturated heterocycles. The molecule has 0 fully saturated rings. The van der Waals surface area contributed by atoms with Crippen molar-refractivity contribution >= 4 is 34.5 Å². The van der Waals surface area contributed by atoms with Gasteiger partial charge in [0.25, 0.3) is 11.8 Å². The Labute approximate surface area is 212 Å². The predicted molar refractivity (Wildman–Crippen MR) is 140 cm³/mol. The number of aromatic nitrogens is 3. The van der Waals surface area contributed by atoms with Crippen molar-refractivity contribution in [3.05, 3.63) is 106 Å². The molecule has 0 bridgehead atoms. The first kappa shape index (κ1) is 22.2. The zero-order valence-corrected chi connectivity index (χ0v) is 20.5. The molecule has 6 rings (SSSR count). The summed E-state index contributed by atoms with van der Waals surface area (Å²) in [7, 11) is 0. The molecule has 2 amide bonds. The minimum Gasteiger partial charge on any atom is -0.334 e. The first-order chi connectivity index (χ1) is 17.6. The number of carbonyl (C=O) groups excluding carboxylic acids is 2. The minimum absolute atomic E-state index is 0.0226. The monoisotopic (exact) mass is 493 g/mol. The SMILES string of the molecule is Cc1c(NC(=O)c2cnn3c(-c4ccccc4)ccnc23)cccc1C(=O)N1CCc2sccc2C1. The number of amides is 2. The van der Waals surface area contributed by atoms with Gasteiger partial charge in [-0.2, -0.15) is 5.10 Å². The van der Waals surface area contributed by atoms with E-state index in [0.29, 0.717) is 35.6 Å². The normalized spacial score (nSPS) is 13.0. The second kappa shape index (κ2) is 9.05. The molecule has 0 aliphatic carbocycles. The van der Waals surface area contributed by atoms with Gasteiger partial charge in [0.1, 0.15) is 5.56 Å². The molecule has 7 nitrogen and oxygen atoms in total. The fourth-order valence-electron chi connectivity index (χ4n) is 4.66. The number of hydrogen-bond donors (Lipinski definition) is 1. The summed E-state index contributed by atoms with van der Waals surface area (Å²) in [5.41, 5.74) is 5.81. The lowest BCUT2D eigenvalue weighted by atomic mass is 10.0. The third-order valence-electron chi connectivity index (χ3n) is 6.62. The molecule has 0 atom stereocenters. The fourth-order valence-corrected chi connectivity index (χ4v) is 5.55. The molecule has 0 saturated carbocycles. The van der Waals surface area contributed by atoms with Crippen molar-refractivity contribution in [2.24, 2.45) is 0 Å². The highest BCUT2D eigenvalue weighted by Gasteiger charge is 2.25. The summed E-state index contributed by atoms with van der Waals surface area (Å²) in [4.78, 5) is 34.3. The van der Waals surface area contributed by atoms with Gasteiger partial charge in [0.2, 0.25) is 0 Å². The van der Waals surface area contributed by atoms with Crippen LogP contribution in [0.4, 0.5) is 5.69 Å². The lowest BCUT2D eigenvalue weighted by Crippen LogP contribution is -2.35. The summed E-state index contributed by atoms with van der Waals surface area (Å²) >= 11 is 1.75. The average molecular weight is 494 g/mol. The molecule has 3 aromatic heterocycles. The molecule has 4 heterocycles. The molecule has 1 aliphatic rings. The predicted octanol–water partition coefficient (Wildman–Crippen LogP) is 5.22. The van der Waals surface area contributed by atoms with Crippen molar-refractivity contribution in [1.29, 1.82) is 0 Å². The summed E-state index contributed by atoms with van der Waals surface area (Å²) in [6.45, 7) is 3.18. The molecule has 178 valence electrons. The highest BCUT2D eigenvalue weighted by molar-refractivity contribution is 7.10. The third-order valence-corrected chi connectivity index (χ3v) is 7.65. The third kappa shape index (κ3) is 3.85. The van der Waals surface area contributed by atoms with Crippen molar-refractivity contribution in [2.45, 2.75) is 19.9 Å². The number of thiophene rings is 1. The van der Waals surface area contributed by atoms with Crippen LogP contribution in [0.5, 0.6) is 0 Å². The highest BCUT2D eigenvalue weighted by Crippen LogP contribution is 2.28. The Hall–Kier alpha value is -4.30. The van der Waals surface area contributed by atoms with E-state index >= 15 is 0 Å². The van der Waals surface area contributed by atoms with Crippen LogP contribution < -0.4 is 5.32 Å². The van der Waals surface area contributed by atoms with Gasteiger partial charge in [-0.15, -0.1) is 11.3 Å². The average Bonchev–Trinajstić information content (AvgIpc) is 3.56. The van der Waals surface area contributed by atoms with E-state index in [2.05, 4.69) is 26.8 Å². The van der Waals surface area contributed by atoms with Gasteiger partial charge in [0.15, 0.2) is 5.65 Å². The van der Waals surface area contributed by atoms with E-state index < -0.39 is 0 Å². The van der Waals surface area contributed by atoms with Crippen molar-refractivity contribution in [2.75, 3.05) is 11.9 Å². The summed E-state index contributed by atoms with van der Waals surface area (Å²) in [6, 6.07) is 19.2. The Morgan fingerprint density at radius 3 is 2.72 bits per heavy atom. The van der Waals surface area contributed by atoms with Crippen LogP contribution in [0.1, 0.15) is 36.7 Å². The Morgan fingerprint density at radius 1 is 1.00 bits per heavy atom. The molecular weight excluding hydrogens is 470 g/mol. The van der Waals surface area contributed by atoms with Gasteiger partial charge in [-0.25, -0.2) is 9.50 Å². The summed E-state index contributed by atoms with van der Waals surface area (Å²) in [6.07, 6.45) is 4.08. The van der Waals surface area contributed by atoms with Crippen molar-refractivity contribution in [1.82, 2.24) is 19.5 Å². The van der Waals surface area contributed by atoms with Gasteiger partial charge in [-0.05, 0) is 54.1 Å². The lowest BCUT2D eigenvalue weighted by molar-refractivity contribution is 0.0735. The van der Waals surface area contributed by atoms with E-state index in [9.17, 15) is 9.59 Å². The number of benzene rings is 2. The summed E-state index contributed by atoms with van der Waals surface area (Å²) in [5, 5.41) is 9.49. The van der Waals surface area contributed by atoms with Crippen molar-refractivity contribution in [3.63, 3.8) is 0 Å². The highest BCUT2D eigenvalue weighted by atomic mass is 32.1. The zero-order chi connectivity index (χ0) is 24.6. The Kier molecular flexibility index (Phi) is 5.58. The molecule has 0 radical (unpaired) electrons. The molecule has 8 heteroatoms. The van der Waals surface area contributed by atoms with Crippen LogP contribution in [0.3, 0.4) is 0 Å². The van der Waals surface area contributed by atoms with E-state index in [4.69, 9.17) is 0 Å². The van der Waals surface area contributed by atoms with Crippen LogP contribution in [0.25, 0.3) is 16.9 Å². The summed E-state index contributed by atoms with van der Waals surface area (Å²) in [5.74, 6) is -0.345. The second-order valence-corrected chi connectivity index (χ2v) is 9.77. The zero-order valence-electron chi connectivity index (χ0n) is 19.6. The molecule has 1 aliphatic heterocycles. The Morgan fingerprint density at radius 2 is 1.86 bits per heavy atom. The van der Waals surface area contributed by atoms with Crippen molar-refractivity contribution in [3.8, 4) is 11.3 Å². The van der Waals surface area contributed by atoms with E-state index in [1.807, 2.05) is 60.4 Å². The molecular formula is C28H23N5O2S. The lowest BCUT2D eigenvalue weighted by Gasteiger charge is -2.28. The van der Waals surface area contributed by atoms with E-state index in [1.165, 1.54) is 16.6 Å². The van der Waals surface area contributed by atoms with Crippen LogP contribution in [-0.2, 0) is 13.0 Å². The molecule has 1 N–H and O–H groups in total. The maximum absolute atomic E-state index is 13.4. The topological polar surface area (TPSA) is 79.6 Å². The molecule has 36 heavy (non-hydrogen) atoms. The number of nitrogens with one attached hydrogen (secondary N) is 1. The second-order valence-electron chi connectivity index (χ2n) is 8.77. The number of hydrogen-bond acceptors (Lipinski definition) is 5. The van der Waals surface area contributed by atoms with Gasteiger partial charge >= 0.3 is 0 Å². The number of carbonyl (C=O) groups is 2. The number of rotatable bonds is 4. The molecule has 0 unspecified atom stereocenters. The smallest absolute Gasteiger partial charge is 0.261 e. The largest absolute Gasteiger partial charge is 0.334 e. The number of anilines is 1. The Bertz CT molecular complexity index is 1610. The van der Waals surface area contributed by atoms with Crippen LogP contribution >= 0.6 is 11.3 Å². The molecule has 2 aromatic carbocycles. The fraction of sp³-hybridized carbons (Fsp3) is 0.143. The summed E-state index contributed by atoms with van der Waals surface area (Å²) < 4.78 is 1.67. The van der Waals surface area contributed by atoms with Crippen LogP contribution in [0.15, 0.2) is 78.4 Å². The van der Waals surface area contributed by atoms with E-state index in [0.717, 1.165) is 23.2 Å². The number of nitrogens with zero attached hydrogens (tertiary/aromatic N) is 4. The number of fused-ring (bicyclic) bond motifs is 2. The van der Waals surface area contributed by atoms with Crippen LogP contribution in [-0.4, -0.2) is 37.9 Å². The first-order valence-electron chi connectivity index (χ1n) is 11.7. The standard InChI is InChI=1S/C28H23N5O2S/c1-18-21(28(35)32-14-11-25-20(17-32)12-15-36-25)8-5-9-23(18)31-27(34)22-16-30-33-24(10-13-29-26(22)33)19-6-3-2-4-7-19/h2-10,12-13,15-16H,11,14,17H2,1H3,(H,31,34). The maximum Gasteiger partial charge on any atom is 0.261 e. The van der Waals surface area contributed by atoms with E-state index in [1.54, 1.807) is 28.1 Å². The maximum atomic E-state index is 13.4. The Balaban J connectivity index is 1.27. The van der Waals surface area contributed by atoms with Gasteiger partial charge < -0.3 is 10.2 Å². The van der Waals surface area contributed by atoms with E-state index in [-0.39, 0.29) is 11.8 Å². The van der Waals surface area contributed by atoms with Gasteiger partial charge in [0, 0.05) is 41.0 Å².